The molecule has 2 aromatic carbocycles. The number of hydrogen-bond acceptors (Lipinski definition) is 6. The maximum atomic E-state index is 14.8. The summed E-state index contributed by atoms with van der Waals surface area (Å²) in [6.45, 7) is 1.29. The summed E-state index contributed by atoms with van der Waals surface area (Å²) < 4.78 is 82.7. The summed E-state index contributed by atoms with van der Waals surface area (Å²) in [5.74, 6) is -4.33. The van der Waals surface area contributed by atoms with Gasteiger partial charge in [-0.25, -0.2) is 22.9 Å². The Labute approximate surface area is 186 Å². The van der Waals surface area contributed by atoms with E-state index >= 15 is 0 Å². The van der Waals surface area contributed by atoms with Crippen molar-refractivity contribution in [3.8, 4) is 5.69 Å². The van der Waals surface area contributed by atoms with Gasteiger partial charge in [0.15, 0.2) is 28.6 Å². The predicted octanol–water partition coefficient (Wildman–Crippen LogP) is 2.75. The van der Waals surface area contributed by atoms with Crippen LogP contribution in [0.1, 0.15) is 5.89 Å². The molecule has 0 amide bonds. The molecule has 0 bridgehead atoms. The van der Waals surface area contributed by atoms with Crippen LogP contribution in [-0.4, -0.2) is 40.6 Å². The van der Waals surface area contributed by atoms with E-state index in [2.05, 4.69) is 10.3 Å². The van der Waals surface area contributed by atoms with Crippen LogP contribution in [0.25, 0.3) is 27.8 Å². The second-order valence-corrected chi connectivity index (χ2v) is 8.70. The smallest absolute Gasteiger partial charge is 0.368 e. The van der Waals surface area contributed by atoms with E-state index in [0.29, 0.717) is 8.14 Å². The summed E-state index contributed by atoms with van der Waals surface area (Å²) in [4.78, 5) is 16.4. The van der Waals surface area contributed by atoms with Gasteiger partial charge in [0.25, 0.3) is 0 Å². The van der Waals surface area contributed by atoms with Gasteiger partial charge < -0.3 is 9.73 Å². The molecule has 0 saturated carbocycles. The van der Waals surface area contributed by atoms with Crippen LogP contribution in [0.2, 0.25) is 0 Å². The highest BCUT2D eigenvalue weighted by Crippen LogP contribution is 2.33. The van der Waals surface area contributed by atoms with Crippen molar-refractivity contribution >= 4 is 55.0 Å². The van der Waals surface area contributed by atoms with E-state index in [-0.39, 0.29) is 9.86 Å². The Morgan fingerprint density at radius 3 is 2.32 bits per heavy atom. The minimum Gasteiger partial charge on any atom is -0.439 e. The maximum Gasteiger partial charge on any atom is 0.368 e. The lowest BCUT2D eigenvalue weighted by molar-refractivity contribution is 0.471. The number of oxazole rings is 1. The number of aryl methyl sites for hydroxylation is 1. The largest absolute Gasteiger partial charge is 0.439 e. The standard InChI is InChI=1S/C15H7F3IN3O5S.C2H7N/c1-5-20-11-9(17)10(18)12-13(14(11)27-5)22(28(24,25)26)15(23)21(12)8-3-2-6(19)4-7(8)16;1-3-2/h2-4H,1H3,(H,24,25,26);3H,1-2H3. The van der Waals surface area contributed by atoms with E-state index in [1.54, 1.807) is 22.6 Å². The lowest BCUT2D eigenvalue weighted by atomic mass is 10.2. The second-order valence-electron chi connectivity index (χ2n) is 6.19. The molecule has 2 heterocycles. The number of aromatic nitrogens is 3. The quantitative estimate of drug-likeness (QED) is 0.281. The molecule has 9 nitrogen and oxygen atoms in total. The normalized spacial score (nSPS) is 11.7. The van der Waals surface area contributed by atoms with Crippen LogP contribution in [-0.2, 0) is 10.3 Å². The monoisotopic (exact) mass is 570 g/mol. The molecule has 0 unspecified atom stereocenters. The summed E-state index contributed by atoms with van der Waals surface area (Å²) >= 11 is 1.79. The highest BCUT2D eigenvalue weighted by Gasteiger charge is 2.32. The van der Waals surface area contributed by atoms with Crippen LogP contribution in [0, 0.1) is 27.9 Å². The third-order valence-electron chi connectivity index (χ3n) is 3.96. The van der Waals surface area contributed by atoms with Crippen molar-refractivity contribution in [1.82, 2.24) is 18.8 Å². The molecule has 2 aromatic heterocycles. The van der Waals surface area contributed by atoms with Gasteiger partial charge in [-0.1, -0.05) is 0 Å². The van der Waals surface area contributed by atoms with E-state index in [0.717, 1.165) is 12.1 Å². The lowest BCUT2D eigenvalue weighted by Crippen LogP contribution is -2.28. The molecule has 166 valence electrons. The average molecular weight is 570 g/mol. The van der Waals surface area contributed by atoms with Gasteiger partial charge in [-0.05, 0) is 54.9 Å². The Balaban J connectivity index is 0.000000858. The first-order valence-corrected chi connectivity index (χ1v) is 10.8. The lowest BCUT2D eigenvalue weighted by Gasteiger charge is -2.06. The zero-order valence-electron chi connectivity index (χ0n) is 16.1. The molecule has 0 atom stereocenters. The molecule has 14 heteroatoms. The van der Waals surface area contributed by atoms with Gasteiger partial charge >= 0.3 is 16.0 Å². The SMILES string of the molecule is CNC.Cc1nc2c(F)c(F)c3c(c2o1)n(S(=O)(=O)O)c(=O)n3-c1ccc(I)cc1F. The molecule has 0 saturated heterocycles. The molecular weight excluding hydrogens is 556 g/mol. The Hall–Kier alpha value is -2.43. The molecule has 31 heavy (non-hydrogen) atoms. The zero-order chi connectivity index (χ0) is 23.2. The number of nitrogens with one attached hydrogen (secondary N) is 1. The second kappa shape index (κ2) is 8.25. The van der Waals surface area contributed by atoms with E-state index in [4.69, 9.17) is 4.42 Å². The maximum absolute atomic E-state index is 14.8. The van der Waals surface area contributed by atoms with Crippen molar-refractivity contribution in [2.24, 2.45) is 0 Å². The highest BCUT2D eigenvalue weighted by atomic mass is 127. The summed E-state index contributed by atoms with van der Waals surface area (Å²) in [6.07, 6.45) is 0. The average Bonchev–Trinajstić information content (AvgIpc) is 3.18. The van der Waals surface area contributed by atoms with E-state index in [9.17, 15) is 30.9 Å². The van der Waals surface area contributed by atoms with Crippen LogP contribution in [0.5, 0.6) is 0 Å². The Morgan fingerprint density at radius 1 is 1.16 bits per heavy atom. The van der Waals surface area contributed by atoms with Crippen LogP contribution in [0.4, 0.5) is 13.2 Å². The third-order valence-corrected chi connectivity index (χ3v) is 5.43. The fraction of sp³-hybridized carbons (Fsp3) is 0.176. The van der Waals surface area contributed by atoms with Gasteiger partial charge in [-0.2, -0.15) is 12.4 Å². The van der Waals surface area contributed by atoms with Gasteiger partial charge in [0, 0.05) is 10.5 Å². The van der Waals surface area contributed by atoms with E-state index in [1.807, 2.05) is 14.1 Å². The summed E-state index contributed by atoms with van der Waals surface area (Å²) in [7, 11) is -1.55. The van der Waals surface area contributed by atoms with Crippen molar-refractivity contribution in [2.45, 2.75) is 6.92 Å². The minimum absolute atomic E-state index is 0.150. The Morgan fingerprint density at radius 2 is 1.77 bits per heavy atom. The number of benzene rings is 2. The predicted molar refractivity (Wildman–Crippen MR) is 114 cm³/mol. The zero-order valence-corrected chi connectivity index (χ0v) is 19.0. The fourth-order valence-electron chi connectivity index (χ4n) is 2.93. The molecular formula is C17H14F3IN4O5S. The first-order chi connectivity index (χ1) is 14.4. The number of halogens is 4. The Kier molecular flexibility index (Phi) is 6.18. The topological polar surface area (TPSA) is 119 Å². The molecule has 4 aromatic rings. The Bertz CT molecular complexity index is 1490. The molecule has 0 radical (unpaired) electrons. The first kappa shape index (κ1) is 23.2. The van der Waals surface area contributed by atoms with Crippen molar-refractivity contribution in [3.05, 3.63) is 55.6 Å². The highest BCUT2D eigenvalue weighted by molar-refractivity contribution is 14.1. The van der Waals surface area contributed by atoms with Gasteiger partial charge in [0.1, 0.15) is 16.9 Å². The van der Waals surface area contributed by atoms with Crippen molar-refractivity contribution in [2.75, 3.05) is 14.1 Å². The summed E-state index contributed by atoms with van der Waals surface area (Å²) in [6, 6.07) is 3.46. The molecule has 0 aliphatic carbocycles. The van der Waals surface area contributed by atoms with Crippen LogP contribution < -0.4 is 11.0 Å². The van der Waals surface area contributed by atoms with Gasteiger partial charge in [0.05, 0.1) is 5.69 Å². The number of nitrogens with zero attached hydrogens (tertiary/aromatic N) is 3. The molecule has 2 N–H and O–H groups in total. The first-order valence-electron chi connectivity index (χ1n) is 8.37. The van der Waals surface area contributed by atoms with E-state index < -0.39 is 61.3 Å². The number of rotatable bonds is 2. The van der Waals surface area contributed by atoms with Crippen molar-refractivity contribution < 1.29 is 30.6 Å². The summed E-state index contributed by atoms with van der Waals surface area (Å²) in [5, 5.41) is 2.75. The third kappa shape index (κ3) is 3.83. The minimum atomic E-state index is -5.30. The molecule has 0 fully saturated rings. The van der Waals surface area contributed by atoms with Crippen molar-refractivity contribution in [1.29, 1.82) is 0 Å². The van der Waals surface area contributed by atoms with Gasteiger partial charge in [-0.3, -0.25) is 9.12 Å². The van der Waals surface area contributed by atoms with E-state index in [1.165, 1.54) is 13.0 Å². The fourth-order valence-corrected chi connectivity index (χ4v) is 4.06. The number of imidazole rings is 1. The summed E-state index contributed by atoms with van der Waals surface area (Å²) in [5.41, 5.74) is -5.10. The van der Waals surface area contributed by atoms with Gasteiger partial charge in [-0.15, -0.1) is 0 Å². The number of hydrogen-bond donors (Lipinski definition) is 2. The van der Waals surface area contributed by atoms with Gasteiger partial charge in [0.2, 0.25) is 0 Å². The molecule has 4 rings (SSSR count). The van der Waals surface area contributed by atoms with Crippen molar-refractivity contribution in [3.63, 3.8) is 0 Å². The molecule has 0 spiro atoms. The molecule has 0 aliphatic rings. The van der Waals surface area contributed by atoms with Crippen LogP contribution in [0.3, 0.4) is 0 Å². The van der Waals surface area contributed by atoms with Crippen LogP contribution >= 0.6 is 22.6 Å². The van der Waals surface area contributed by atoms with Crippen LogP contribution in [0.15, 0.2) is 27.4 Å². The molecule has 0 aliphatic heterocycles. The number of fused-ring (bicyclic) bond motifs is 3.